The number of aliphatic hydroxyl groups excluding tert-OH is 1. The normalized spacial score (nSPS) is 11.9. The van der Waals surface area contributed by atoms with Gasteiger partial charge in [0.15, 0.2) is 0 Å². The van der Waals surface area contributed by atoms with Crippen molar-refractivity contribution >= 4 is 11.8 Å². The standard InChI is InChI=1S/C13H26N2O3/c1-11(7-9-16)10-15-13(18)6-4-3-5-8-14-12(2)17/h11,16H,3-10H2,1-2H3,(H,14,17)(H,15,18). The molecule has 5 heteroatoms. The quantitative estimate of drug-likeness (QED) is 0.508. The van der Waals surface area contributed by atoms with Gasteiger partial charge in [-0.2, -0.15) is 0 Å². The molecule has 0 radical (unpaired) electrons. The molecule has 1 atom stereocenters. The van der Waals surface area contributed by atoms with Crippen LogP contribution in [0.4, 0.5) is 0 Å². The summed E-state index contributed by atoms with van der Waals surface area (Å²) in [6.45, 7) is 4.99. The van der Waals surface area contributed by atoms with Crippen LogP contribution in [-0.4, -0.2) is 36.6 Å². The van der Waals surface area contributed by atoms with Crippen LogP contribution in [0.25, 0.3) is 0 Å². The van der Waals surface area contributed by atoms with E-state index < -0.39 is 0 Å². The van der Waals surface area contributed by atoms with Crippen LogP contribution < -0.4 is 10.6 Å². The van der Waals surface area contributed by atoms with Gasteiger partial charge < -0.3 is 15.7 Å². The van der Waals surface area contributed by atoms with Gasteiger partial charge >= 0.3 is 0 Å². The van der Waals surface area contributed by atoms with Gasteiger partial charge in [-0.25, -0.2) is 0 Å². The molecular weight excluding hydrogens is 232 g/mol. The second kappa shape index (κ2) is 11.0. The highest BCUT2D eigenvalue weighted by molar-refractivity contribution is 5.75. The van der Waals surface area contributed by atoms with Gasteiger partial charge in [-0.1, -0.05) is 13.3 Å². The van der Waals surface area contributed by atoms with Crippen LogP contribution in [0, 0.1) is 5.92 Å². The van der Waals surface area contributed by atoms with Crippen molar-refractivity contribution in [3.05, 3.63) is 0 Å². The first-order chi connectivity index (χ1) is 8.56. The summed E-state index contributed by atoms with van der Waals surface area (Å²) in [5, 5.41) is 14.3. The lowest BCUT2D eigenvalue weighted by Crippen LogP contribution is -2.28. The zero-order valence-corrected chi connectivity index (χ0v) is 11.5. The van der Waals surface area contributed by atoms with E-state index in [4.69, 9.17) is 5.11 Å². The first-order valence-electron chi connectivity index (χ1n) is 6.68. The highest BCUT2D eigenvalue weighted by Gasteiger charge is 2.04. The maximum Gasteiger partial charge on any atom is 0.220 e. The van der Waals surface area contributed by atoms with Crippen LogP contribution in [0.15, 0.2) is 0 Å². The summed E-state index contributed by atoms with van der Waals surface area (Å²) in [6, 6.07) is 0. The van der Waals surface area contributed by atoms with E-state index in [1.165, 1.54) is 6.92 Å². The van der Waals surface area contributed by atoms with E-state index in [0.29, 0.717) is 25.4 Å². The van der Waals surface area contributed by atoms with Gasteiger partial charge in [0.1, 0.15) is 0 Å². The zero-order chi connectivity index (χ0) is 13.8. The second-order valence-corrected chi connectivity index (χ2v) is 4.72. The smallest absolute Gasteiger partial charge is 0.220 e. The Kier molecular flexibility index (Phi) is 10.3. The summed E-state index contributed by atoms with van der Waals surface area (Å²) < 4.78 is 0. The fourth-order valence-corrected chi connectivity index (χ4v) is 1.55. The number of aliphatic hydroxyl groups is 1. The van der Waals surface area contributed by atoms with Crippen LogP contribution in [-0.2, 0) is 9.59 Å². The molecule has 0 aromatic carbocycles. The minimum Gasteiger partial charge on any atom is -0.396 e. The monoisotopic (exact) mass is 258 g/mol. The Morgan fingerprint density at radius 3 is 2.50 bits per heavy atom. The lowest BCUT2D eigenvalue weighted by atomic mass is 10.1. The predicted octanol–water partition coefficient (Wildman–Crippen LogP) is 0.818. The third-order valence-electron chi connectivity index (χ3n) is 2.72. The molecule has 0 bridgehead atoms. The van der Waals surface area contributed by atoms with Crippen LogP contribution >= 0.6 is 0 Å². The molecule has 2 amide bonds. The summed E-state index contributed by atoms with van der Waals surface area (Å²) >= 11 is 0. The van der Waals surface area contributed by atoms with E-state index in [-0.39, 0.29) is 18.4 Å². The van der Waals surface area contributed by atoms with Gasteiger partial charge in [0, 0.05) is 33.0 Å². The number of rotatable bonds is 10. The Morgan fingerprint density at radius 1 is 1.17 bits per heavy atom. The maximum atomic E-state index is 11.4. The van der Waals surface area contributed by atoms with Gasteiger partial charge in [0.25, 0.3) is 0 Å². The van der Waals surface area contributed by atoms with E-state index in [1.54, 1.807) is 0 Å². The van der Waals surface area contributed by atoms with Crippen LogP contribution in [0.1, 0.15) is 46.0 Å². The number of carbonyl (C=O) groups excluding carboxylic acids is 2. The van der Waals surface area contributed by atoms with E-state index >= 15 is 0 Å². The zero-order valence-electron chi connectivity index (χ0n) is 11.5. The van der Waals surface area contributed by atoms with Gasteiger partial charge in [-0.15, -0.1) is 0 Å². The molecule has 5 nitrogen and oxygen atoms in total. The van der Waals surface area contributed by atoms with E-state index in [1.807, 2.05) is 6.92 Å². The number of carbonyl (C=O) groups is 2. The van der Waals surface area contributed by atoms with Crippen LogP contribution in [0.5, 0.6) is 0 Å². The molecule has 0 saturated carbocycles. The molecule has 0 spiro atoms. The summed E-state index contributed by atoms with van der Waals surface area (Å²) in [4.78, 5) is 22.0. The molecule has 3 N–H and O–H groups in total. The van der Waals surface area contributed by atoms with Crippen molar-refractivity contribution in [3.8, 4) is 0 Å². The van der Waals surface area contributed by atoms with Crippen molar-refractivity contribution in [1.82, 2.24) is 10.6 Å². The van der Waals surface area contributed by atoms with Crippen molar-refractivity contribution in [1.29, 1.82) is 0 Å². The molecule has 1 unspecified atom stereocenters. The van der Waals surface area contributed by atoms with E-state index in [9.17, 15) is 9.59 Å². The molecular formula is C13H26N2O3. The van der Waals surface area contributed by atoms with Gasteiger partial charge in [-0.3, -0.25) is 9.59 Å². The van der Waals surface area contributed by atoms with Crippen molar-refractivity contribution in [2.75, 3.05) is 19.7 Å². The van der Waals surface area contributed by atoms with Crippen molar-refractivity contribution in [2.45, 2.75) is 46.0 Å². The molecule has 0 saturated heterocycles. The maximum absolute atomic E-state index is 11.4. The number of hydrogen-bond donors (Lipinski definition) is 3. The van der Waals surface area contributed by atoms with Gasteiger partial charge in [0.2, 0.25) is 11.8 Å². The predicted molar refractivity (Wildman–Crippen MR) is 71.0 cm³/mol. The third-order valence-corrected chi connectivity index (χ3v) is 2.72. The number of amides is 2. The number of nitrogens with one attached hydrogen (secondary N) is 2. The first kappa shape index (κ1) is 16.9. The minimum atomic E-state index is -0.00869. The Hall–Kier alpha value is -1.10. The molecule has 0 aliphatic heterocycles. The second-order valence-electron chi connectivity index (χ2n) is 4.72. The molecule has 0 aliphatic carbocycles. The Bertz CT molecular complexity index is 244. The van der Waals surface area contributed by atoms with Gasteiger partial charge in [0.05, 0.1) is 0 Å². The largest absolute Gasteiger partial charge is 0.396 e. The average molecular weight is 258 g/mol. The Labute approximate surface area is 109 Å². The summed E-state index contributed by atoms with van der Waals surface area (Å²) in [6.07, 6.45) is 3.95. The lowest BCUT2D eigenvalue weighted by molar-refractivity contribution is -0.121. The SMILES string of the molecule is CC(=O)NCCCCCC(=O)NCC(C)CCO. The molecule has 18 heavy (non-hydrogen) atoms. The van der Waals surface area contributed by atoms with Crippen LogP contribution in [0.3, 0.4) is 0 Å². The van der Waals surface area contributed by atoms with Gasteiger partial charge in [-0.05, 0) is 25.2 Å². The van der Waals surface area contributed by atoms with Crippen molar-refractivity contribution < 1.29 is 14.7 Å². The summed E-state index contributed by atoms with van der Waals surface area (Å²) in [5.41, 5.74) is 0. The molecule has 0 fully saturated rings. The highest BCUT2D eigenvalue weighted by atomic mass is 16.3. The Balaban J connectivity index is 3.34. The highest BCUT2D eigenvalue weighted by Crippen LogP contribution is 2.01. The molecule has 0 aliphatic rings. The lowest BCUT2D eigenvalue weighted by Gasteiger charge is -2.11. The first-order valence-corrected chi connectivity index (χ1v) is 6.68. The van der Waals surface area contributed by atoms with Crippen molar-refractivity contribution in [3.63, 3.8) is 0 Å². The summed E-state index contributed by atoms with van der Waals surface area (Å²) in [5.74, 6) is 0.378. The number of unbranched alkanes of at least 4 members (excludes halogenated alkanes) is 2. The Morgan fingerprint density at radius 2 is 1.89 bits per heavy atom. The summed E-state index contributed by atoms with van der Waals surface area (Å²) in [7, 11) is 0. The molecule has 0 aromatic rings. The van der Waals surface area contributed by atoms with Crippen LogP contribution in [0.2, 0.25) is 0 Å². The molecule has 0 aromatic heterocycles. The fourth-order valence-electron chi connectivity index (χ4n) is 1.55. The molecule has 106 valence electrons. The topological polar surface area (TPSA) is 78.4 Å². The fraction of sp³-hybridized carbons (Fsp3) is 0.846. The average Bonchev–Trinajstić information content (AvgIpc) is 2.31. The third kappa shape index (κ3) is 11.4. The molecule has 0 rings (SSSR count). The van der Waals surface area contributed by atoms with E-state index in [2.05, 4.69) is 10.6 Å². The van der Waals surface area contributed by atoms with Crippen molar-refractivity contribution in [2.24, 2.45) is 5.92 Å². The van der Waals surface area contributed by atoms with E-state index in [0.717, 1.165) is 25.7 Å². The minimum absolute atomic E-state index is 0.00869. The molecule has 0 heterocycles. The number of hydrogen-bond acceptors (Lipinski definition) is 3.